The second-order valence-electron chi connectivity index (χ2n) is 5.04. The Bertz CT molecular complexity index is 993. The van der Waals surface area contributed by atoms with Gasteiger partial charge in [0.25, 0.3) is 0 Å². The van der Waals surface area contributed by atoms with Gasteiger partial charge in [-0.25, -0.2) is 22.0 Å². The third kappa shape index (κ3) is 3.81. The summed E-state index contributed by atoms with van der Waals surface area (Å²) < 4.78 is 51.8. The lowest BCUT2D eigenvalue weighted by Gasteiger charge is -2.09. The zero-order valence-electron chi connectivity index (χ0n) is 12.9. The first-order valence-electron chi connectivity index (χ1n) is 6.59. The third-order valence-corrected chi connectivity index (χ3v) is 5.50. The molecule has 2 rings (SSSR count). The summed E-state index contributed by atoms with van der Waals surface area (Å²) in [5, 5.41) is 5.08. The highest BCUT2D eigenvalue weighted by Crippen LogP contribution is 2.23. The lowest BCUT2D eigenvalue weighted by atomic mass is 10.0. The third-order valence-electron chi connectivity index (χ3n) is 3.26. The first-order chi connectivity index (χ1) is 11.0. The molecule has 0 saturated heterocycles. The number of carbonyl (C=O) groups is 1. The minimum atomic E-state index is -4.32. The van der Waals surface area contributed by atoms with Crippen molar-refractivity contribution in [3.05, 3.63) is 53.6 Å². The van der Waals surface area contributed by atoms with Crippen molar-refractivity contribution in [2.75, 3.05) is 13.4 Å². The number of rotatable bonds is 5. The average molecular weight is 369 g/mol. The first kappa shape index (κ1) is 18.1. The highest BCUT2D eigenvalue weighted by molar-refractivity contribution is 7.93. The summed E-state index contributed by atoms with van der Waals surface area (Å²) in [5.41, 5.74) is 0.305. The van der Waals surface area contributed by atoms with Gasteiger partial charge < -0.3 is 4.74 Å². The van der Waals surface area contributed by atoms with E-state index in [0.29, 0.717) is 11.3 Å². The Labute approximate surface area is 140 Å². The predicted molar refractivity (Wildman–Crippen MR) is 87.4 cm³/mol. The lowest BCUT2D eigenvalue weighted by molar-refractivity contribution is 0.103. The monoisotopic (exact) mass is 369 g/mol. The van der Waals surface area contributed by atoms with Crippen molar-refractivity contribution >= 4 is 25.6 Å². The molecule has 7 nitrogen and oxygen atoms in total. The molecule has 2 N–H and O–H groups in total. The largest absolute Gasteiger partial charge is 0.497 e. The van der Waals surface area contributed by atoms with E-state index in [1.807, 2.05) is 0 Å². The molecule has 9 heteroatoms. The van der Waals surface area contributed by atoms with Crippen LogP contribution in [0.4, 0.5) is 0 Å². The normalized spacial score (nSPS) is 12.0. The van der Waals surface area contributed by atoms with Gasteiger partial charge in [0, 0.05) is 17.4 Å². The van der Waals surface area contributed by atoms with Crippen LogP contribution in [0.1, 0.15) is 15.9 Å². The van der Waals surface area contributed by atoms with Crippen molar-refractivity contribution in [2.24, 2.45) is 5.14 Å². The molecule has 2 aromatic rings. The maximum atomic E-state index is 12.5. The van der Waals surface area contributed by atoms with Crippen molar-refractivity contribution in [1.29, 1.82) is 0 Å². The zero-order chi connectivity index (χ0) is 18.1. The van der Waals surface area contributed by atoms with Crippen molar-refractivity contribution in [3.8, 4) is 5.75 Å². The van der Waals surface area contributed by atoms with Gasteiger partial charge in [0.1, 0.15) is 10.6 Å². The Morgan fingerprint density at radius 1 is 0.917 bits per heavy atom. The molecule has 0 unspecified atom stereocenters. The molecule has 0 heterocycles. The standard InChI is InChI=1S/C15H15NO6S2/c1-22-12-6-3-10(4-7-12)15(17)11-5-8-13(23(2,18)19)14(9-11)24(16,20)21/h3-9H,1-2H3,(H2,16,20,21). The second kappa shape index (κ2) is 6.34. The zero-order valence-corrected chi connectivity index (χ0v) is 14.5. The number of carbonyl (C=O) groups excluding carboxylic acids is 1. The Kier molecular flexibility index (Phi) is 4.79. The number of nitrogens with two attached hydrogens (primary N) is 1. The number of hydrogen-bond acceptors (Lipinski definition) is 6. The van der Waals surface area contributed by atoms with Gasteiger partial charge in [-0.3, -0.25) is 4.79 Å². The van der Waals surface area contributed by atoms with Crippen molar-refractivity contribution < 1.29 is 26.4 Å². The molecule has 128 valence electrons. The number of hydrogen-bond donors (Lipinski definition) is 1. The van der Waals surface area contributed by atoms with E-state index in [9.17, 15) is 21.6 Å². The van der Waals surface area contributed by atoms with Gasteiger partial charge >= 0.3 is 0 Å². The number of ether oxygens (including phenoxy) is 1. The molecule has 0 bridgehead atoms. The highest BCUT2D eigenvalue weighted by Gasteiger charge is 2.23. The molecule has 0 aliphatic heterocycles. The van der Waals surface area contributed by atoms with Crippen LogP contribution in [0, 0.1) is 0 Å². The maximum absolute atomic E-state index is 12.5. The van der Waals surface area contributed by atoms with Gasteiger partial charge in [-0.15, -0.1) is 0 Å². The maximum Gasteiger partial charge on any atom is 0.239 e. The van der Waals surface area contributed by atoms with Gasteiger partial charge in [0.2, 0.25) is 10.0 Å². The molecule has 0 amide bonds. The van der Waals surface area contributed by atoms with Crippen molar-refractivity contribution in [3.63, 3.8) is 0 Å². The van der Waals surface area contributed by atoms with Crippen molar-refractivity contribution in [1.82, 2.24) is 0 Å². The van der Waals surface area contributed by atoms with Crippen LogP contribution in [0.2, 0.25) is 0 Å². The van der Waals surface area contributed by atoms with E-state index >= 15 is 0 Å². The number of primary sulfonamides is 1. The van der Waals surface area contributed by atoms with Crippen LogP contribution in [0.3, 0.4) is 0 Å². The van der Waals surface area contributed by atoms with Crippen molar-refractivity contribution in [2.45, 2.75) is 9.79 Å². The number of methoxy groups -OCH3 is 1. The first-order valence-corrected chi connectivity index (χ1v) is 10.0. The quantitative estimate of drug-likeness (QED) is 0.784. The molecular formula is C15H15NO6S2. The molecule has 0 saturated carbocycles. The molecule has 0 aromatic heterocycles. The average Bonchev–Trinajstić information content (AvgIpc) is 2.52. The van der Waals surface area contributed by atoms with Crippen LogP contribution < -0.4 is 9.88 Å². The Balaban J connectivity index is 2.57. The minimum Gasteiger partial charge on any atom is -0.497 e. The number of sulfone groups is 1. The van der Waals surface area contributed by atoms with E-state index in [4.69, 9.17) is 9.88 Å². The summed E-state index contributed by atoms with van der Waals surface area (Å²) in [7, 11) is -6.65. The fourth-order valence-electron chi connectivity index (χ4n) is 2.09. The molecule has 2 aromatic carbocycles. The summed E-state index contributed by atoms with van der Waals surface area (Å²) in [6, 6.07) is 9.48. The van der Waals surface area contributed by atoms with Gasteiger partial charge in [-0.05, 0) is 42.5 Å². The van der Waals surface area contributed by atoms with E-state index in [-0.39, 0.29) is 5.56 Å². The second-order valence-corrected chi connectivity index (χ2v) is 8.55. The predicted octanol–water partition coefficient (Wildman–Crippen LogP) is 0.977. The Morgan fingerprint density at radius 2 is 1.46 bits per heavy atom. The summed E-state index contributed by atoms with van der Waals surface area (Å²) >= 11 is 0. The van der Waals surface area contributed by atoms with Crippen LogP contribution in [0.5, 0.6) is 5.75 Å². The SMILES string of the molecule is COc1ccc(C(=O)c2ccc(S(C)(=O)=O)c(S(N)(=O)=O)c2)cc1. The van der Waals surface area contributed by atoms with E-state index in [1.54, 1.807) is 12.1 Å². The molecular weight excluding hydrogens is 354 g/mol. The molecule has 0 aliphatic rings. The minimum absolute atomic E-state index is 0.0107. The Morgan fingerprint density at radius 3 is 1.92 bits per heavy atom. The van der Waals surface area contributed by atoms with Gasteiger partial charge in [-0.1, -0.05) is 0 Å². The van der Waals surface area contributed by atoms with Gasteiger partial charge in [0.15, 0.2) is 15.6 Å². The van der Waals surface area contributed by atoms with E-state index in [0.717, 1.165) is 18.4 Å². The topological polar surface area (TPSA) is 121 Å². The van der Waals surface area contributed by atoms with Crippen LogP contribution in [0.15, 0.2) is 52.3 Å². The summed E-state index contributed by atoms with van der Waals surface area (Å²) in [5.74, 6) is 0.0896. The lowest BCUT2D eigenvalue weighted by Crippen LogP contribution is -2.17. The van der Waals surface area contributed by atoms with E-state index < -0.39 is 35.4 Å². The van der Waals surface area contributed by atoms with Crippen LogP contribution in [-0.4, -0.2) is 36.0 Å². The summed E-state index contributed by atoms with van der Waals surface area (Å²) in [4.78, 5) is 11.4. The van der Waals surface area contributed by atoms with Crippen LogP contribution >= 0.6 is 0 Å². The Hall–Kier alpha value is -2.23. The molecule has 0 atom stereocenters. The van der Waals surface area contributed by atoms with Crippen LogP contribution in [-0.2, 0) is 19.9 Å². The molecule has 0 radical (unpaired) electrons. The van der Waals surface area contributed by atoms with Gasteiger partial charge in [0.05, 0.1) is 12.0 Å². The van der Waals surface area contributed by atoms with Crippen LogP contribution in [0.25, 0.3) is 0 Å². The summed E-state index contributed by atoms with van der Waals surface area (Å²) in [6.07, 6.45) is 0.863. The number of sulfonamides is 1. The molecule has 24 heavy (non-hydrogen) atoms. The molecule has 0 fully saturated rings. The summed E-state index contributed by atoms with van der Waals surface area (Å²) in [6.45, 7) is 0. The number of ketones is 1. The van der Waals surface area contributed by atoms with Gasteiger partial charge in [-0.2, -0.15) is 0 Å². The highest BCUT2D eigenvalue weighted by atomic mass is 32.2. The van der Waals surface area contributed by atoms with E-state index in [2.05, 4.69) is 0 Å². The number of benzene rings is 2. The molecule has 0 aliphatic carbocycles. The fourth-order valence-corrected chi connectivity index (χ4v) is 4.27. The smallest absolute Gasteiger partial charge is 0.239 e. The molecule has 0 spiro atoms. The fraction of sp³-hybridized carbons (Fsp3) is 0.133. The van der Waals surface area contributed by atoms with E-state index in [1.165, 1.54) is 25.3 Å².